The molecule has 0 aliphatic carbocycles. The minimum Gasteiger partial charge on any atom is -0.487 e. The summed E-state index contributed by atoms with van der Waals surface area (Å²) in [6.07, 6.45) is -5.22. The number of nitro benzene ring substituents is 1. The Kier molecular flexibility index (Phi) is 4.96. The van der Waals surface area contributed by atoms with Crippen molar-refractivity contribution in [3.63, 3.8) is 0 Å². The second kappa shape index (κ2) is 6.26. The first-order valence-electron chi connectivity index (χ1n) is 5.55. The summed E-state index contributed by atoms with van der Waals surface area (Å²) in [5.41, 5.74) is 0.126. The van der Waals surface area contributed by atoms with Gasteiger partial charge >= 0.3 is 11.9 Å². The van der Waals surface area contributed by atoms with E-state index >= 15 is 0 Å². The molecule has 0 fully saturated rings. The van der Waals surface area contributed by atoms with Crippen LogP contribution in [0.3, 0.4) is 0 Å². The maximum absolute atomic E-state index is 12.0. The third-order valence-corrected chi connectivity index (χ3v) is 2.19. The van der Waals surface area contributed by atoms with Crippen LogP contribution in [-0.4, -0.2) is 24.3 Å². The summed E-state index contributed by atoms with van der Waals surface area (Å²) in [5.74, 6) is 0.0320. The Morgan fingerprint density at radius 3 is 2.63 bits per heavy atom. The van der Waals surface area contributed by atoms with Crippen molar-refractivity contribution in [2.75, 3.05) is 18.5 Å². The van der Waals surface area contributed by atoms with E-state index in [-0.39, 0.29) is 24.6 Å². The number of ether oxygens (including phenoxy) is 1. The molecule has 106 valence electrons. The lowest BCUT2D eigenvalue weighted by Crippen LogP contribution is -2.14. The van der Waals surface area contributed by atoms with Gasteiger partial charge in [0.15, 0.2) is 5.75 Å². The van der Waals surface area contributed by atoms with E-state index in [1.54, 1.807) is 6.92 Å². The number of halogens is 3. The average molecular weight is 278 g/mol. The van der Waals surface area contributed by atoms with Crippen molar-refractivity contribution in [1.29, 1.82) is 0 Å². The van der Waals surface area contributed by atoms with E-state index in [2.05, 4.69) is 5.32 Å². The summed E-state index contributed by atoms with van der Waals surface area (Å²) in [6, 6.07) is 3.86. The molecule has 1 N–H and O–H groups in total. The number of hydrogen-bond donors (Lipinski definition) is 1. The molecule has 0 unspecified atom stereocenters. The Morgan fingerprint density at radius 2 is 2.11 bits per heavy atom. The van der Waals surface area contributed by atoms with Crippen LogP contribution in [0.2, 0.25) is 0 Å². The number of nitro groups is 1. The van der Waals surface area contributed by atoms with E-state index in [0.717, 1.165) is 0 Å². The van der Waals surface area contributed by atoms with E-state index in [1.165, 1.54) is 18.2 Å². The molecule has 19 heavy (non-hydrogen) atoms. The van der Waals surface area contributed by atoms with Crippen LogP contribution in [0.1, 0.15) is 13.3 Å². The van der Waals surface area contributed by atoms with Gasteiger partial charge in [-0.1, -0.05) is 0 Å². The monoisotopic (exact) mass is 278 g/mol. The first kappa shape index (κ1) is 15.1. The van der Waals surface area contributed by atoms with Gasteiger partial charge in [-0.25, -0.2) is 0 Å². The molecule has 0 aromatic heterocycles. The quantitative estimate of drug-likeness (QED) is 0.640. The fraction of sp³-hybridized carbons (Fsp3) is 0.455. The van der Waals surface area contributed by atoms with Gasteiger partial charge in [-0.15, -0.1) is 0 Å². The van der Waals surface area contributed by atoms with Gasteiger partial charge in [0, 0.05) is 24.4 Å². The summed E-state index contributed by atoms with van der Waals surface area (Å²) >= 11 is 0. The smallest absolute Gasteiger partial charge is 0.390 e. The molecule has 0 spiro atoms. The van der Waals surface area contributed by atoms with Gasteiger partial charge in [0.2, 0.25) is 0 Å². The Morgan fingerprint density at radius 1 is 1.42 bits per heavy atom. The van der Waals surface area contributed by atoms with Crippen molar-refractivity contribution in [3.8, 4) is 5.75 Å². The van der Waals surface area contributed by atoms with Crippen molar-refractivity contribution >= 4 is 11.4 Å². The second-order valence-corrected chi connectivity index (χ2v) is 3.66. The zero-order valence-corrected chi connectivity index (χ0v) is 10.2. The van der Waals surface area contributed by atoms with Crippen molar-refractivity contribution in [2.45, 2.75) is 19.5 Å². The third-order valence-electron chi connectivity index (χ3n) is 2.19. The molecule has 0 atom stereocenters. The summed E-state index contributed by atoms with van der Waals surface area (Å²) in [5, 5.41) is 13.3. The van der Waals surface area contributed by atoms with Gasteiger partial charge in [0.25, 0.3) is 0 Å². The van der Waals surface area contributed by atoms with E-state index in [4.69, 9.17) is 4.74 Å². The Hall–Kier alpha value is -1.99. The van der Waals surface area contributed by atoms with Crippen LogP contribution in [0, 0.1) is 10.1 Å². The lowest BCUT2D eigenvalue weighted by Gasteiger charge is -2.10. The van der Waals surface area contributed by atoms with Crippen LogP contribution in [0.15, 0.2) is 18.2 Å². The predicted molar refractivity (Wildman–Crippen MR) is 63.4 cm³/mol. The predicted octanol–water partition coefficient (Wildman–Crippen LogP) is 3.36. The highest BCUT2D eigenvalue weighted by atomic mass is 19.4. The lowest BCUT2D eigenvalue weighted by atomic mass is 10.2. The van der Waals surface area contributed by atoms with Crippen LogP contribution in [-0.2, 0) is 0 Å². The molecule has 0 saturated heterocycles. The molecular weight excluding hydrogens is 265 g/mol. The Balaban J connectivity index is 2.75. The number of nitrogens with zero attached hydrogens (tertiary/aromatic N) is 1. The van der Waals surface area contributed by atoms with Gasteiger partial charge < -0.3 is 10.1 Å². The van der Waals surface area contributed by atoms with Gasteiger partial charge in [0.1, 0.15) is 0 Å². The molecule has 1 aromatic carbocycles. The van der Waals surface area contributed by atoms with Crippen LogP contribution in [0.4, 0.5) is 24.5 Å². The van der Waals surface area contributed by atoms with E-state index < -0.39 is 17.5 Å². The number of hydrogen-bond acceptors (Lipinski definition) is 4. The van der Waals surface area contributed by atoms with Crippen molar-refractivity contribution in [1.82, 2.24) is 0 Å². The molecule has 1 aromatic rings. The maximum Gasteiger partial charge on any atom is 0.390 e. The number of rotatable bonds is 6. The highest BCUT2D eigenvalue weighted by Gasteiger charge is 2.26. The molecule has 0 aliphatic heterocycles. The molecule has 1 rings (SSSR count). The summed E-state index contributed by atoms with van der Waals surface area (Å²) in [4.78, 5) is 10.1. The van der Waals surface area contributed by atoms with Gasteiger partial charge in [-0.3, -0.25) is 10.1 Å². The van der Waals surface area contributed by atoms with E-state index in [9.17, 15) is 23.3 Å². The van der Waals surface area contributed by atoms with Gasteiger partial charge in [0.05, 0.1) is 18.0 Å². The van der Waals surface area contributed by atoms with Gasteiger partial charge in [-0.05, 0) is 13.0 Å². The molecule has 0 bridgehead atoms. The second-order valence-electron chi connectivity index (χ2n) is 3.66. The van der Waals surface area contributed by atoms with Crippen molar-refractivity contribution in [2.24, 2.45) is 0 Å². The number of anilines is 1. The van der Waals surface area contributed by atoms with Crippen molar-refractivity contribution < 1.29 is 22.8 Å². The SMILES string of the molecule is CCOc1cc(NCCC(F)(F)F)ccc1[N+](=O)[O-]. The zero-order chi connectivity index (χ0) is 14.5. The van der Waals surface area contributed by atoms with Crippen molar-refractivity contribution in [3.05, 3.63) is 28.3 Å². The molecule has 0 amide bonds. The van der Waals surface area contributed by atoms with Crippen LogP contribution in [0.25, 0.3) is 0 Å². The van der Waals surface area contributed by atoms with E-state index in [0.29, 0.717) is 5.69 Å². The summed E-state index contributed by atoms with van der Waals surface area (Å²) < 4.78 is 41.0. The fourth-order valence-electron chi connectivity index (χ4n) is 1.39. The number of benzene rings is 1. The molecule has 0 saturated carbocycles. The molecule has 8 heteroatoms. The zero-order valence-electron chi connectivity index (χ0n) is 10.2. The standard InChI is InChI=1S/C11H13F3N2O3/c1-2-19-10-7-8(3-4-9(10)16(17)18)15-6-5-11(12,13)14/h3-4,7,15H,2,5-6H2,1H3. The summed E-state index contributed by atoms with van der Waals surface area (Å²) in [7, 11) is 0. The highest BCUT2D eigenvalue weighted by Crippen LogP contribution is 2.30. The molecular formula is C11H13F3N2O3. The van der Waals surface area contributed by atoms with E-state index in [1.807, 2.05) is 0 Å². The maximum atomic E-state index is 12.0. The van der Waals surface area contributed by atoms with Crippen LogP contribution < -0.4 is 10.1 Å². The number of alkyl halides is 3. The largest absolute Gasteiger partial charge is 0.487 e. The summed E-state index contributed by atoms with van der Waals surface area (Å²) in [6.45, 7) is 1.59. The lowest BCUT2D eigenvalue weighted by molar-refractivity contribution is -0.385. The Bertz CT molecular complexity index is 449. The Labute approximate surface area is 107 Å². The highest BCUT2D eigenvalue weighted by molar-refractivity contribution is 5.57. The van der Waals surface area contributed by atoms with Crippen LogP contribution in [0.5, 0.6) is 5.75 Å². The first-order valence-corrected chi connectivity index (χ1v) is 5.55. The molecule has 0 radical (unpaired) electrons. The minimum absolute atomic E-state index is 0.0320. The molecule has 0 aliphatic rings. The molecule has 5 nitrogen and oxygen atoms in total. The third kappa shape index (κ3) is 5.02. The fourth-order valence-corrected chi connectivity index (χ4v) is 1.39. The topological polar surface area (TPSA) is 64.4 Å². The first-order chi connectivity index (χ1) is 8.83. The van der Waals surface area contributed by atoms with Crippen LogP contribution >= 0.6 is 0 Å². The molecule has 0 heterocycles. The average Bonchev–Trinajstić information content (AvgIpc) is 2.27. The van der Waals surface area contributed by atoms with Gasteiger partial charge in [-0.2, -0.15) is 13.2 Å². The minimum atomic E-state index is -4.24. The normalized spacial score (nSPS) is 11.2. The number of nitrogens with one attached hydrogen (secondary N) is 1.